The number of hydrogen-bond acceptors (Lipinski definition) is 3. The zero-order valence-electron chi connectivity index (χ0n) is 14.7. The molecular weight excluding hydrogens is 314 g/mol. The smallest absolute Gasteiger partial charge is 0.245 e. The van der Waals surface area contributed by atoms with Crippen LogP contribution in [0.2, 0.25) is 0 Å². The predicted octanol–water partition coefficient (Wildman–Crippen LogP) is 2.85. The van der Waals surface area contributed by atoms with Crippen LogP contribution in [-0.4, -0.2) is 37.2 Å². The minimum Gasteiger partial charge on any atom is -0.338 e. The molecule has 1 saturated carbocycles. The summed E-state index contributed by atoms with van der Waals surface area (Å²) in [5, 5.41) is 5.45. The summed E-state index contributed by atoms with van der Waals surface area (Å²) in [5.41, 5.74) is 4.38. The highest BCUT2D eigenvalue weighted by Crippen LogP contribution is 2.44. The molecule has 1 aliphatic heterocycles. The Morgan fingerprint density at radius 2 is 2.00 bits per heavy atom. The topological polar surface area (TPSA) is 56.0 Å². The largest absolute Gasteiger partial charge is 0.338 e. The van der Waals surface area contributed by atoms with Crippen molar-refractivity contribution in [1.29, 1.82) is 0 Å². The lowest BCUT2D eigenvalue weighted by Gasteiger charge is -2.31. The number of imidazole rings is 1. The summed E-state index contributed by atoms with van der Waals surface area (Å²) < 4.78 is 4.08. The SMILES string of the molecule is C[C@@H]1C(=O)N(C)Cc2c(-c3ccc4c(cnn4C)c3)nc(C3CC3)n21. The average molecular weight is 335 g/mol. The van der Waals surface area contributed by atoms with Crippen molar-refractivity contribution in [2.75, 3.05) is 7.05 Å². The van der Waals surface area contributed by atoms with Crippen molar-refractivity contribution in [3.8, 4) is 11.3 Å². The lowest BCUT2D eigenvalue weighted by Crippen LogP contribution is -2.39. The summed E-state index contributed by atoms with van der Waals surface area (Å²) in [6, 6.07) is 6.20. The first-order chi connectivity index (χ1) is 12.0. The molecule has 0 unspecified atom stereocenters. The van der Waals surface area contributed by atoms with Crippen molar-refractivity contribution in [1.82, 2.24) is 24.2 Å². The zero-order valence-corrected chi connectivity index (χ0v) is 14.7. The highest BCUT2D eigenvalue weighted by molar-refractivity contribution is 5.86. The van der Waals surface area contributed by atoms with E-state index in [0.717, 1.165) is 33.7 Å². The molecule has 2 aromatic heterocycles. The van der Waals surface area contributed by atoms with Gasteiger partial charge in [-0.15, -0.1) is 0 Å². The van der Waals surface area contributed by atoms with Crippen molar-refractivity contribution in [3.63, 3.8) is 0 Å². The Morgan fingerprint density at radius 1 is 1.20 bits per heavy atom. The monoisotopic (exact) mass is 335 g/mol. The molecule has 0 N–H and O–H groups in total. The lowest BCUT2D eigenvalue weighted by molar-refractivity contribution is -0.135. The first-order valence-corrected chi connectivity index (χ1v) is 8.82. The highest BCUT2D eigenvalue weighted by atomic mass is 16.2. The predicted molar refractivity (Wildman–Crippen MR) is 95.1 cm³/mol. The van der Waals surface area contributed by atoms with Crippen molar-refractivity contribution in [2.24, 2.45) is 7.05 Å². The van der Waals surface area contributed by atoms with Gasteiger partial charge in [0.25, 0.3) is 0 Å². The van der Waals surface area contributed by atoms with Gasteiger partial charge in [-0.1, -0.05) is 6.07 Å². The number of carbonyl (C=O) groups excluding carboxylic acids is 1. The van der Waals surface area contributed by atoms with E-state index in [0.29, 0.717) is 12.5 Å². The van der Waals surface area contributed by atoms with E-state index in [1.54, 1.807) is 0 Å². The van der Waals surface area contributed by atoms with Crippen LogP contribution in [-0.2, 0) is 18.4 Å². The zero-order chi connectivity index (χ0) is 17.3. The first-order valence-electron chi connectivity index (χ1n) is 8.82. The van der Waals surface area contributed by atoms with Gasteiger partial charge in [-0.2, -0.15) is 5.10 Å². The van der Waals surface area contributed by atoms with Gasteiger partial charge in [-0.05, 0) is 31.9 Å². The molecule has 1 amide bonds. The van der Waals surface area contributed by atoms with Crippen LogP contribution in [0.3, 0.4) is 0 Å². The van der Waals surface area contributed by atoms with Crippen LogP contribution in [0.5, 0.6) is 0 Å². The van der Waals surface area contributed by atoms with Gasteiger partial charge in [0.1, 0.15) is 11.9 Å². The van der Waals surface area contributed by atoms with E-state index in [-0.39, 0.29) is 11.9 Å². The summed E-state index contributed by atoms with van der Waals surface area (Å²) in [5.74, 6) is 1.76. The molecule has 0 bridgehead atoms. The molecule has 1 fully saturated rings. The van der Waals surface area contributed by atoms with Gasteiger partial charge in [-0.25, -0.2) is 4.98 Å². The molecule has 6 nitrogen and oxygen atoms in total. The second-order valence-corrected chi connectivity index (χ2v) is 7.32. The van der Waals surface area contributed by atoms with E-state index >= 15 is 0 Å². The number of amides is 1. The Labute approximate surface area is 146 Å². The Balaban J connectivity index is 1.72. The van der Waals surface area contributed by atoms with Crippen molar-refractivity contribution >= 4 is 16.8 Å². The molecule has 5 rings (SSSR count). The highest BCUT2D eigenvalue weighted by Gasteiger charge is 2.38. The van der Waals surface area contributed by atoms with E-state index < -0.39 is 0 Å². The summed E-state index contributed by atoms with van der Waals surface area (Å²) in [4.78, 5) is 19.3. The Bertz CT molecular complexity index is 1010. The molecule has 1 aromatic carbocycles. The van der Waals surface area contributed by atoms with E-state index in [2.05, 4.69) is 27.9 Å². The van der Waals surface area contributed by atoms with Crippen LogP contribution in [0.15, 0.2) is 24.4 Å². The standard InChI is InChI=1S/C19H21N5O/c1-11-19(25)22(2)10-16-17(21-18(24(11)16)12-4-5-12)13-6-7-15-14(8-13)9-20-23(15)3/h6-9,11-12H,4-5,10H2,1-3H3/t11-/m1/s1. The van der Waals surface area contributed by atoms with Gasteiger partial charge in [-0.3, -0.25) is 9.48 Å². The third kappa shape index (κ3) is 2.06. The average Bonchev–Trinajstić information content (AvgIpc) is 3.29. The van der Waals surface area contributed by atoms with E-state index in [1.165, 1.54) is 12.8 Å². The van der Waals surface area contributed by atoms with Gasteiger partial charge in [0.2, 0.25) is 5.91 Å². The molecule has 6 heteroatoms. The van der Waals surface area contributed by atoms with Crippen LogP contribution in [0, 0.1) is 0 Å². The molecule has 1 atom stereocenters. The molecule has 3 heterocycles. The number of aromatic nitrogens is 4. The number of nitrogens with zero attached hydrogens (tertiary/aromatic N) is 5. The van der Waals surface area contributed by atoms with Gasteiger partial charge in [0.15, 0.2) is 0 Å². The van der Waals surface area contributed by atoms with Gasteiger partial charge in [0.05, 0.1) is 29.6 Å². The molecule has 25 heavy (non-hydrogen) atoms. The Morgan fingerprint density at radius 3 is 2.76 bits per heavy atom. The van der Waals surface area contributed by atoms with Crippen LogP contribution in [0.1, 0.15) is 43.2 Å². The Hall–Kier alpha value is -2.63. The fraction of sp³-hybridized carbons (Fsp3) is 0.421. The number of carbonyl (C=O) groups is 1. The third-order valence-corrected chi connectivity index (χ3v) is 5.51. The van der Waals surface area contributed by atoms with Gasteiger partial charge < -0.3 is 9.47 Å². The number of benzene rings is 1. The van der Waals surface area contributed by atoms with Crippen molar-refractivity contribution in [2.45, 2.75) is 38.3 Å². The van der Waals surface area contributed by atoms with E-state index in [9.17, 15) is 4.79 Å². The van der Waals surface area contributed by atoms with E-state index in [1.807, 2.05) is 36.8 Å². The molecule has 128 valence electrons. The Kier molecular flexibility index (Phi) is 2.90. The quantitative estimate of drug-likeness (QED) is 0.723. The van der Waals surface area contributed by atoms with Crippen LogP contribution in [0.4, 0.5) is 0 Å². The van der Waals surface area contributed by atoms with Crippen LogP contribution >= 0.6 is 0 Å². The minimum absolute atomic E-state index is 0.168. The number of likely N-dealkylation sites (N-methyl/N-ethyl adjacent to an activating group) is 1. The number of hydrogen-bond donors (Lipinski definition) is 0. The number of fused-ring (bicyclic) bond motifs is 2. The lowest BCUT2D eigenvalue weighted by atomic mass is 10.1. The third-order valence-electron chi connectivity index (χ3n) is 5.51. The van der Waals surface area contributed by atoms with Crippen LogP contribution in [0.25, 0.3) is 22.2 Å². The molecule has 3 aromatic rings. The molecule has 1 aliphatic carbocycles. The fourth-order valence-electron chi connectivity index (χ4n) is 3.97. The second-order valence-electron chi connectivity index (χ2n) is 7.32. The number of rotatable bonds is 2. The molecule has 2 aliphatic rings. The maximum absolute atomic E-state index is 12.5. The maximum atomic E-state index is 12.5. The molecular formula is C19H21N5O. The summed E-state index contributed by atoms with van der Waals surface area (Å²) >= 11 is 0. The molecule has 0 saturated heterocycles. The summed E-state index contributed by atoms with van der Waals surface area (Å²) in [6.07, 6.45) is 4.24. The summed E-state index contributed by atoms with van der Waals surface area (Å²) in [6.45, 7) is 2.60. The number of aryl methyl sites for hydroxylation is 1. The normalized spacial score (nSPS) is 20.4. The van der Waals surface area contributed by atoms with Crippen molar-refractivity contribution < 1.29 is 4.79 Å². The van der Waals surface area contributed by atoms with Gasteiger partial charge in [0, 0.05) is 31.0 Å². The fourth-order valence-corrected chi connectivity index (χ4v) is 3.97. The maximum Gasteiger partial charge on any atom is 0.245 e. The summed E-state index contributed by atoms with van der Waals surface area (Å²) in [7, 11) is 3.83. The van der Waals surface area contributed by atoms with E-state index in [4.69, 9.17) is 4.98 Å². The minimum atomic E-state index is -0.173. The molecule has 0 spiro atoms. The van der Waals surface area contributed by atoms with Gasteiger partial charge >= 0.3 is 0 Å². The van der Waals surface area contributed by atoms with Crippen molar-refractivity contribution in [3.05, 3.63) is 35.9 Å². The van der Waals surface area contributed by atoms with Crippen LogP contribution < -0.4 is 0 Å². The second kappa shape index (κ2) is 4.94. The molecule has 0 radical (unpaired) electrons. The first kappa shape index (κ1) is 14.7.